The first-order chi connectivity index (χ1) is 8.40. The smallest absolute Gasteiger partial charge is 0.0579 e. The van der Waals surface area contributed by atoms with E-state index in [1.54, 1.807) is 5.37 Å². The fourth-order valence-electron chi connectivity index (χ4n) is 2.17. The van der Waals surface area contributed by atoms with E-state index in [1.165, 1.54) is 16.5 Å². The Morgan fingerprint density at radius 2 is 1.59 bits per heavy atom. The molecule has 3 aromatic rings. The average molecular weight is 237 g/mol. The van der Waals surface area contributed by atoms with Crippen LogP contribution in [0.25, 0.3) is 22.0 Å². The van der Waals surface area contributed by atoms with Gasteiger partial charge in [0.15, 0.2) is 0 Å². The van der Waals surface area contributed by atoms with Gasteiger partial charge >= 0.3 is 0 Å². The van der Waals surface area contributed by atoms with Gasteiger partial charge in [0.1, 0.15) is 0 Å². The molecule has 0 amide bonds. The lowest BCUT2D eigenvalue weighted by atomic mass is 10.0. The molecule has 0 radical (unpaired) electrons. The molecule has 1 aromatic heterocycles. The van der Waals surface area contributed by atoms with Crippen molar-refractivity contribution in [1.82, 2.24) is 4.98 Å². The van der Waals surface area contributed by atoms with Gasteiger partial charge in [0.25, 0.3) is 0 Å². The number of rotatable bonds is 2. The Morgan fingerprint density at radius 3 is 2.35 bits per heavy atom. The highest BCUT2D eigenvalue weighted by atomic mass is 32.1. The Morgan fingerprint density at radius 1 is 0.882 bits per heavy atom. The second-order valence-corrected chi connectivity index (χ2v) is 4.18. The number of thiocarbonyl (C=S) groups is 1. The van der Waals surface area contributed by atoms with Crippen LogP contribution in [0.2, 0.25) is 0 Å². The number of para-hydroxylation sites is 1. The number of hydrogen-bond acceptors (Lipinski definition) is 1. The van der Waals surface area contributed by atoms with Crippen LogP contribution < -0.4 is 0 Å². The molecule has 82 valence electrons. The molecule has 1 N–H and O–H groups in total. The lowest BCUT2D eigenvalue weighted by Gasteiger charge is -2.00. The summed E-state index contributed by atoms with van der Waals surface area (Å²) in [4.78, 5) is 3.35. The summed E-state index contributed by atoms with van der Waals surface area (Å²) in [7, 11) is 0. The zero-order chi connectivity index (χ0) is 11.7. The molecule has 0 unspecified atom stereocenters. The fourth-order valence-corrected chi connectivity index (χ4v) is 2.34. The van der Waals surface area contributed by atoms with Crippen LogP contribution in [-0.4, -0.2) is 10.4 Å². The van der Waals surface area contributed by atoms with Crippen LogP contribution in [0, 0.1) is 0 Å². The summed E-state index contributed by atoms with van der Waals surface area (Å²) in [6.07, 6.45) is 0. The molecule has 1 heterocycles. The van der Waals surface area contributed by atoms with E-state index in [-0.39, 0.29) is 0 Å². The summed E-state index contributed by atoms with van der Waals surface area (Å²) in [5.74, 6) is 0. The van der Waals surface area contributed by atoms with E-state index < -0.39 is 0 Å². The number of aromatic nitrogens is 1. The zero-order valence-electron chi connectivity index (χ0n) is 9.18. The van der Waals surface area contributed by atoms with Crippen molar-refractivity contribution in [3.05, 3.63) is 60.3 Å². The minimum absolute atomic E-state index is 1.01. The van der Waals surface area contributed by atoms with Gasteiger partial charge in [0, 0.05) is 21.8 Å². The van der Waals surface area contributed by atoms with Crippen molar-refractivity contribution in [3.63, 3.8) is 0 Å². The molecule has 2 aromatic carbocycles. The van der Waals surface area contributed by atoms with Gasteiger partial charge in [0.2, 0.25) is 0 Å². The van der Waals surface area contributed by atoms with Crippen molar-refractivity contribution in [1.29, 1.82) is 0 Å². The summed E-state index contributed by atoms with van der Waals surface area (Å²) in [5, 5.41) is 2.93. The van der Waals surface area contributed by atoms with Gasteiger partial charge < -0.3 is 4.98 Å². The van der Waals surface area contributed by atoms with Crippen molar-refractivity contribution in [2.45, 2.75) is 0 Å². The third-order valence-corrected chi connectivity index (χ3v) is 3.15. The standard InChI is InChI=1S/C15H11NS/c17-10-14-15(11-6-2-1-3-7-11)12-8-4-5-9-13(12)16-14/h1-10,16H. The minimum Gasteiger partial charge on any atom is -0.354 e. The second-order valence-electron chi connectivity index (χ2n) is 3.94. The highest BCUT2D eigenvalue weighted by Crippen LogP contribution is 2.31. The number of fused-ring (bicyclic) bond motifs is 1. The first-order valence-corrected chi connectivity index (χ1v) is 5.98. The summed E-state index contributed by atoms with van der Waals surface area (Å²) in [6, 6.07) is 18.6. The highest BCUT2D eigenvalue weighted by Gasteiger charge is 2.10. The maximum atomic E-state index is 5.09. The van der Waals surface area contributed by atoms with Gasteiger partial charge in [-0.3, -0.25) is 0 Å². The van der Waals surface area contributed by atoms with Gasteiger partial charge in [-0.25, -0.2) is 0 Å². The van der Waals surface area contributed by atoms with Gasteiger partial charge in [-0.15, -0.1) is 0 Å². The molecule has 0 aliphatic carbocycles. The van der Waals surface area contributed by atoms with Crippen molar-refractivity contribution >= 4 is 28.5 Å². The monoisotopic (exact) mass is 237 g/mol. The lowest BCUT2D eigenvalue weighted by molar-refractivity contribution is 1.45. The van der Waals surface area contributed by atoms with E-state index in [9.17, 15) is 0 Å². The zero-order valence-corrected chi connectivity index (χ0v) is 10.00. The Bertz CT molecular complexity index is 668. The van der Waals surface area contributed by atoms with E-state index in [1.807, 2.05) is 24.3 Å². The third kappa shape index (κ3) is 1.67. The first-order valence-electron chi connectivity index (χ1n) is 5.51. The van der Waals surface area contributed by atoms with Crippen molar-refractivity contribution in [3.8, 4) is 11.1 Å². The van der Waals surface area contributed by atoms with Crippen LogP contribution in [-0.2, 0) is 0 Å². The van der Waals surface area contributed by atoms with E-state index in [0.717, 1.165) is 11.2 Å². The predicted octanol–water partition coefficient (Wildman–Crippen LogP) is 4.18. The number of aromatic amines is 1. The molecular formula is C15H11NS. The van der Waals surface area contributed by atoms with Gasteiger partial charge in [-0.1, -0.05) is 60.7 Å². The molecule has 3 rings (SSSR count). The van der Waals surface area contributed by atoms with E-state index in [4.69, 9.17) is 12.2 Å². The molecular weight excluding hydrogens is 226 g/mol. The van der Waals surface area contributed by atoms with Crippen LogP contribution in [0.1, 0.15) is 5.69 Å². The molecule has 17 heavy (non-hydrogen) atoms. The van der Waals surface area contributed by atoms with Crippen molar-refractivity contribution in [2.24, 2.45) is 0 Å². The number of benzene rings is 2. The molecule has 0 bridgehead atoms. The largest absolute Gasteiger partial charge is 0.354 e. The SMILES string of the molecule is S=Cc1[nH]c2ccccc2c1-c1ccccc1. The number of nitrogens with one attached hydrogen (secondary N) is 1. The topological polar surface area (TPSA) is 15.8 Å². The molecule has 0 atom stereocenters. The van der Waals surface area contributed by atoms with E-state index in [0.29, 0.717) is 0 Å². The predicted molar refractivity (Wildman–Crippen MR) is 76.5 cm³/mol. The summed E-state index contributed by atoms with van der Waals surface area (Å²) in [6.45, 7) is 0. The van der Waals surface area contributed by atoms with E-state index in [2.05, 4.69) is 35.3 Å². The maximum absolute atomic E-state index is 5.09. The Kier molecular flexibility index (Phi) is 2.50. The minimum atomic E-state index is 1.01. The molecule has 0 aliphatic heterocycles. The Labute approximate surface area is 105 Å². The molecule has 0 saturated heterocycles. The molecule has 1 nitrogen and oxygen atoms in total. The van der Waals surface area contributed by atoms with Crippen LogP contribution in [0.5, 0.6) is 0 Å². The van der Waals surface area contributed by atoms with Crippen LogP contribution in [0.3, 0.4) is 0 Å². The molecule has 0 aliphatic rings. The van der Waals surface area contributed by atoms with Gasteiger partial charge in [-0.05, 0) is 11.6 Å². The Balaban J connectivity index is 2.38. The summed E-state index contributed by atoms with van der Waals surface area (Å²) < 4.78 is 0. The molecule has 0 fully saturated rings. The Hall–Kier alpha value is -1.93. The van der Waals surface area contributed by atoms with Crippen LogP contribution in [0.15, 0.2) is 54.6 Å². The molecule has 0 spiro atoms. The summed E-state index contributed by atoms with van der Waals surface area (Å²) in [5.41, 5.74) is 4.52. The van der Waals surface area contributed by atoms with Crippen molar-refractivity contribution in [2.75, 3.05) is 0 Å². The average Bonchev–Trinajstić information content (AvgIpc) is 2.78. The van der Waals surface area contributed by atoms with Crippen molar-refractivity contribution < 1.29 is 0 Å². The highest BCUT2D eigenvalue weighted by molar-refractivity contribution is 7.79. The number of hydrogen-bond donors (Lipinski definition) is 1. The molecule has 2 heteroatoms. The van der Waals surface area contributed by atoms with Crippen LogP contribution in [0.4, 0.5) is 0 Å². The maximum Gasteiger partial charge on any atom is 0.0579 e. The fraction of sp³-hybridized carbons (Fsp3) is 0. The first kappa shape index (κ1) is 10.2. The van der Waals surface area contributed by atoms with Gasteiger partial charge in [0.05, 0.1) is 5.69 Å². The van der Waals surface area contributed by atoms with Crippen LogP contribution >= 0.6 is 12.2 Å². The quantitative estimate of drug-likeness (QED) is 0.661. The second kappa shape index (κ2) is 4.15. The lowest BCUT2D eigenvalue weighted by Crippen LogP contribution is -1.82. The van der Waals surface area contributed by atoms with Gasteiger partial charge in [-0.2, -0.15) is 0 Å². The normalized spacial score (nSPS) is 10.6. The summed E-state index contributed by atoms with van der Waals surface area (Å²) >= 11 is 5.09. The molecule has 0 saturated carbocycles. The third-order valence-electron chi connectivity index (χ3n) is 2.92. The number of H-pyrrole nitrogens is 1. The van der Waals surface area contributed by atoms with E-state index >= 15 is 0 Å².